The minimum atomic E-state index is -0.538. The summed E-state index contributed by atoms with van der Waals surface area (Å²) in [4.78, 5) is 25.2. The van der Waals surface area contributed by atoms with Crippen LogP contribution in [-0.4, -0.2) is 25.0 Å². The average Bonchev–Trinajstić information content (AvgIpc) is 3.15. The Morgan fingerprint density at radius 2 is 2.27 bits per heavy atom. The van der Waals surface area contributed by atoms with Crippen molar-refractivity contribution in [1.29, 1.82) is 0 Å². The first-order valence-electron chi connectivity index (χ1n) is 6.83. The van der Waals surface area contributed by atoms with E-state index in [-0.39, 0.29) is 18.4 Å². The van der Waals surface area contributed by atoms with E-state index in [0.29, 0.717) is 33.4 Å². The van der Waals surface area contributed by atoms with Crippen molar-refractivity contribution in [3.8, 4) is 5.75 Å². The smallest absolute Gasteiger partial charge is 0.317 e. The molecule has 22 heavy (non-hydrogen) atoms. The molecule has 1 atom stereocenters. The van der Waals surface area contributed by atoms with E-state index >= 15 is 0 Å². The van der Waals surface area contributed by atoms with Crippen LogP contribution in [0.25, 0.3) is 0 Å². The number of ether oxygens (including phenoxy) is 2. The fourth-order valence-electron chi connectivity index (χ4n) is 2.44. The van der Waals surface area contributed by atoms with Gasteiger partial charge in [-0.15, -0.1) is 11.3 Å². The van der Waals surface area contributed by atoms with Gasteiger partial charge >= 0.3 is 5.97 Å². The maximum absolute atomic E-state index is 12.6. The zero-order valence-corrected chi connectivity index (χ0v) is 13.4. The predicted molar refractivity (Wildman–Crippen MR) is 84.1 cm³/mol. The lowest BCUT2D eigenvalue weighted by molar-refractivity contribution is -0.145. The molecule has 3 rings (SSSR count). The van der Waals surface area contributed by atoms with Gasteiger partial charge in [-0.3, -0.25) is 9.59 Å². The first-order valence-corrected chi connectivity index (χ1v) is 8.08. The predicted octanol–water partition coefficient (Wildman–Crippen LogP) is 3.67. The van der Waals surface area contributed by atoms with Crippen LogP contribution < -0.4 is 4.74 Å². The molecule has 1 aliphatic heterocycles. The zero-order valence-electron chi connectivity index (χ0n) is 11.8. The third-order valence-corrected chi connectivity index (χ3v) is 4.50. The first kappa shape index (κ1) is 15.1. The summed E-state index contributed by atoms with van der Waals surface area (Å²) in [5, 5.41) is 2.23. The molecule has 2 heterocycles. The minimum Gasteiger partial charge on any atom is -0.491 e. The summed E-state index contributed by atoms with van der Waals surface area (Å²) in [6, 6.07) is 6.80. The molecule has 0 amide bonds. The Bertz CT molecular complexity index is 724. The van der Waals surface area contributed by atoms with Crippen LogP contribution in [0, 0.1) is 0 Å². The summed E-state index contributed by atoms with van der Waals surface area (Å²) in [7, 11) is 0. The van der Waals surface area contributed by atoms with Crippen LogP contribution in [0.5, 0.6) is 5.75 Å². The van der Waals surface area contributed by atoms with Crippen LogP contribution in [-0.2, 0) is 9.53 Å². The van der Waals surface area contributed by atoms with Gasteiger partial charge in [0, 0.05) is 10.6 Å². The third kappa shape index (κ3) is 2.62. The van der Waals surface area contributed by atoms with Gasteiger partial charge in [0.1, 0.15) is 18.3 Å². The van der Waals surface area contributed by atoms with Crippen molar-refractivity contribution in [2.75, 3.05) is 13.2 Å². The summed E-state index contributed by atoms with van der Waals surface area (Å²) in [6.45, 7) is 2.21. The van der Waals surface area contributed by atoms with Gasteiger partial charge in [-0.05, 0) is 30.5 Å². The zero-order chi connectivity index (χ0) is 15.7. The second kappa shape index (κ2) is 6.10. The van der Waals surface area contributed by atoms with Gasteiger partial charge in [-0.2, -0.15) is 0 Å². The SMILES string of the molecule is CCOC(=O)C1COc2c(C(=O)c3cccs3)cc(Cl)cc21. The number of carbonyl (C=O) groups excluding carboxylic acids is 2. The molecule has 1 aromatic heterocycles. The molecular formula is C16H13ClO4S. The van der Waals surface area contributed by atoms with Crippen molar-refractivity contribution >= 4 is 34.7 Å². The molecule has 0 radical (unpaired) electrons. The lowest BCUT2D eigenvalue weighted by Crippen LogP contribution is -2.17. The monoisotopic (exact) mass is 336 g/mol. The van der Waals surface area contributed by atoms with E-state index in [1.165, 1.54) is 11.3 Å². The van der Waals surface area contributed by atoms with Gasteiger partial charge in [0.15, 0.2) is 0 Å². The Labute approximate surface area is 136 Å². The van der Waals surface area contributed by atoms with Gasteiger partial charge in [0.05, 0.1) is 17.0 Å². The number of hydrogen-bond donors (Lipinski definition) is 0. The maximum atomic E-state index is 12.6. The molecule has 1 aliphatic rings. The average molecular weight is 337 g/mol. The largest absolute Gasteiger partial charge is 0.491 e. The van der Waals surface area contributed by atoms with Gasteiger partial charge < -0.3 is 9.47 Å². The van der Waals surface area contributed by atoms with Crippen molar-refractivity contribution in [3.63, 3.8) is 0 Å². The summed E-state index contributed by atoms with van der Waals surface area (Å²) >= 11 is 7.48. The topological polar surface area (TPSA) is 52.6 Å². The van der Waals surface area contributed by atoms with Crippen LogP contribution >= 0.6 is 22.9 Å². The molecule has 6 heteroatoms. The van der Waals surface area contributed by atoms with Crippen molar-refractivity contribution in [3.05, 3.63) is 50.7 Å². The summed E-state index contributed by atoms with van der Waals surface area (Å²) in [5.41, 5.74) is 1.00. The van der Waals surface area contributed by atoms with Crippen LogP contribution in [0.2, 0.25) is 5.02 Å². The highest BCUT2D eigenvalue weighted by Crippen LogP contribution is 2.40. The van der Waals surface area contributed by atoms with Gasteiger partial charge in [0.25, 0.3) is 0 Å². The van der Waals surface area contributed by atoms with Crippen molar-refractivity contribution in [1.82, 2.24) is 0 Å². The summed E-state index contributed by atoms with van der Waals surface area (Å²) in [6.07, 6.45) is 0. The number of benzene rings is 1. The molecule has 0 aliphatic carbocycles. The van der Waals surface area contributed by atoms with E-state index in [1.807, 2.05) is 11.4 Å². The molecule has 1 aromatic carbocycles. The number of halogens is 1. The lowest BCUT2D eigenvalue weighted by atomic mass is 9.97. The molecule has 4 nitrogen and oxygen atoms in total. The fourth-order valence-corrected chi connectivity index (χ4v) is 3.34. The van der Waals surface area contributed by atoms with E-state index in [2.05, 4.69) is 0 Å². The molecule has 0 bridgehead atoms. The van der Waals surface area contributed by atoms with E-state index in [0.717, 1.165) is 0 Å². The van der Waals surface area contributed by atoms with Crippen LogP contribution in [0.3, 0.4) is 0 Å². The number of ketones is 1. The van der Waals surface area contributed by atoms with Crippen LogP contribution in [0.15, 0.2) is 29.6 Å². The molecule has 0 fully saturated rings. The number of fused-ring (bicyclic) bond motifs is 1. The molecule has 0 saturated heterocycles. The standard InChI is InChI=1S/C16H13ClO4S/c1-2-20-16(19)12-8-21-15-10(12)6-9(17)7-11(15)14(18)13-4-3-5-22-13/h3-7,12H,2,8H2,1H3. The van der Waals surface area contributed by atoms with Crippen molar-refractivity contribution < 1.29 is 19.1 Å². The first-order chi connectivity index (χ1) is 10.6. The lowest BCUT2D eigenvalue weighted by Gasteiger charge is -2.09. The second-order valence-electron chi connectivity index (χ2n) is 4.79. The molecule has 0 saturated carbocycles. The Balaban J connectivity index is 2.03. The van der Waals surface area contributed by atoms with E-state index < -0.39 is 5.92 Å². The minimum absolute atomic E-state index is 0.154. The normalized spacial score (nSPS) is 16.0. The molecule has 0 spiro atoms. The highest BCUT2D eigenvalue weighted by Gasteiger charge is 2.35. The number of carbonyl (C=O) groups is 2. The second-order valence-corrected chi connectivity index (χ2v) is 6.18. The third-order valence-electron chi connectivity index (χ3n) is 3.41. The Morgan fingerprint density at radius 3 is 2.95 bits per heavy atom. The fraction of sp³-hybridized carbons (Fsp3) is 0.250. The highest BCUT2D eigenvalue weighted by atomic mass is 35.5. The van der Waals surface area contributed by atoms with Gasteiger partial charge in [-0.25, -0.2) is 0 Å². The van der Waals surface area contributed by atoms with Crippen molar-refractivity contribution in [2.24, 2.45) is 0 Å². The number of esters is 1. The number of rotatable bonds is 4. The summed E-state index contributed by atoms with van der Waals surface area (Å²) < 4.78 is 10.7. The quantitative estimate of drug-likeness (QED) is 0.631. The van der Waals surface area contributed by atoms with E-state index in [1.54, 1.807) is 25.1 Å². The Kier molecular flexibility index (Phi) is 4.18. The maximum Gasteiger partial charge on any atom is 0.317 e. The van der Waals surface area contributed by atoms with Crippen molar-refractivity contribution in [2.45, 2.75) is 12.8 Å². The number of thiophene rings is 1. The highest BCUT2D eigenvalue weighted by molar-refractivity contribution is 7.12. The van der Waals surface area contributed by atoms with Gasteiger partial charge in [-0.1, -0.05) is 17.7 Å². The molecule has 0 N–H and O–H groups in total. The molecule has 1 unspecified atom stereocenters. The van der Waals surface area contributed by atoms with Crippen LogP contribution in [0.4, 0.5) is 0 Å². The number of hydrogen-bond acceptors (Lipinski definition) is 5. The summed E-state index contributed by atoms with van der Waals surface area (Å²) in [5.74, 6) is -0.624. The van der Waals surface area contributed by atoms with E-state index in [4.69, 9.17) is 21.1 Å². The molecular weight excluding hydrogens is 324 g/mol. The Hall–Kier alpha value is -1.85. The van der Waals surface area contributed by atoms with E-state index in [9.17, 15) is 9.59 Å². The molecule has 2 aromatic rings. The van der Waals surface area contributed by atoms with Crippen LogP contribution in [0.1, 0.15) is 33.6 Å². The molecule has 114 valence electrons. The Morgan fingerprint density at radius 1 is 1.45 bits per heavy atom. The van der Waals surface area contributed by atoms with Gasteiger partial charge in [0.2, 0.25) is 5.78 Å².